The van der Waals surface area contributed by atoms with Gasteiger partial charge < -0.3 is 52.8 Å². The zero-order valence-corrected chi connectivity index (χ0v) is 39.4. The third-order valence-electron chi connectivity index (χ3n) is 13.2. The Morgan fingerprint density at radius 2 is 1.57 bits per heavy atom. The highest BCUT2D eigenvalue weighted by Gasteiger charge is 2.61. The maximum atomic E-state index is 15.1. The summed E-state index contributed by atoms with van der Waals surface area (Å²) in [6, 6.07) is 2.84. The molecule has 3 aromatic rings. The number of phenols is 1. The van der Waals surface area contributed by atoms with Crippen molar-refractivity contribution in [3.05, 3.63) is 62.7 Å². The second-order valence-electron chi connectivity index (χ2n) is 19.4. The normalized spacial score (nSPS) is 26.8. The fourth-order valence-electron chi connectivity index (χ4n) is 10.6. The van der Waals surface area contributed by atoms with Gasteiger partial charge in [-0.05, 0) is 110 Å². The van der Waals surface area contributed by atoms with Crippen molar-refractivity contribution in [1.29, 1.82) is 0 Å². The Hall–Kier alpha value is -5.14. The van der Waals surface area contributed by atoms with Gasteiger partial charge in [0.05, 0.1) is 37.6 Å². The summed E-state index contributed by atoms with van der Waals surface area (Å²) in [5.41, 5.74) is 2.04. The summed E-state index contributed by atoms with van der Waals surface area (Å²) in [7, 11) is 4.91. The van der Waals surface area contributed by atoms with E-state index in [1.807, 2.05) is 24.9 Å². The van der Waals surface area contributed by atoms with E-state index in [0.717, 1.165) is 16.7 Å². The molecule has 0 aliphatic carbocycles. The van der Waals surface area contributed by atoms with Gasteiger partial charge in [0, 0.05) is 40.6 Å². The van der Waals surface area contributed by atoms with Crippen molar-refractivity contribution in [2.24, 2.45) is 0 Å². The maximum absolute atomic E-state index is 15.1. The molecule has 7 atom stereocenters. The third-order valence-corrected chi connectivity index (χ3v) is 14.6. The van der Waals surface area contributed by atoms with Crippen molar-refractivity contribution in [1.82, 2.24) is 15.1 Å². The molecule has 1 spiro atoms. The molecule has 7 aliphatic rings. The predicted octanol–water partition coefficient (Wildman–Crippen LogP) is 6.41. The van der Waals surface area contributed by atoms with Gasteiger partial charge in [-0.1, -0.05) is 6.07 Å². The van der Waals surface area contributed by atoms with Crippen molar-refractivity contribution in [3.63, 3.8) is 0 Å². The number of carbonyl (C=O) groups excluding carboxylic acids is 3. The molecule has 0 amide bonds. The van der Waals surface area contributed by atoms with Crippen LogP contribution in [0.2, 0.25) is 0 Å². The molecule has 2 fully saturated rings. The molecular weight excluding hydrogens is 863 g/mol. The molecule has 65 heavy (non-hydrogen) atoms. The quantitative estimate of drug-likeness (QED) is 0.148. The number of hydrogen-bond acceptors (Lipinski definition) is 18. The number of nitrogens with one attached hydrogen (secondary N) is 1. The summed E-state index contributed by atoms with van der Waals surface area (Å²) in [6.07, 6.45) is -2.06. The summed E-state index contributed by atoms with van der Waals surface area (Å²) < 4.78 is 53.6. The van der Waals surface area contributed by atoms with E-state index < -0.39 is 70.7 Å². The van der Waals surface area contributed by atoms with E-state index in [1.165, 1.54) is 26.0 Å². The van der Waals surface area contributed by atoms with Crippen molar-refractivity contribution < 1.29 is 67.2 Å². The van der Waals surface area contributed by atoms with Crippen LogP contribution in [0.15, 0.2) is 18.2 Å². The number of benzene rings is 3. The van der Waals surface area contributed by atoms with Crippen molar-refractivity contribution >= 4 is 30.0 Å². The molecule has 10 rings (SSSR count). The van der Waals surface area contributed by atoms with Crippen LogP contribution in [0.5, 0.6) is 40.2 Å². The van der Waals surface area contributed by atoms with Crippen LogP contribution < -0.4 is 33.7 Å². The number of aliphatic hydroxyl groups excluding tert-OH is 1. The van der Waals surface area contributed by atoms with Gasteiger partial charge in [0.25, 0.3) is 0 Å². The number of hydrogen-bond donors (Lipinski definition) is 3. The molecule has 0 saturated carbocycles. The summed E-state index contributed by atoms with van der Waals surface area (Å²) in [4.78, 5) is 45.9. The molecule has 0 aromatic heterocycles. The highest BCUT2D eigenvalue weighted by atomic mass is 32.2. The summed E-state index contributed by atoms with van der Waals surface area (Å²) in [5, 5.41) is 27.8. The van der Waals surface area contributed by atoms with Crippen molar-refractivity contribution in [2.75, 3.05) is 47.0 Å². The number of methoxy groups -OCH3 is 2. The average molecular weight is 920 g/mol. The molecule has 2 saturated heterocycles. The Balaban J connectivity index is 1.26. The minimum absolute atomic E-state index is 0.00157. The lowest BCUT2D eigenvalue weighted by Gasteiger charge is -2.62. The first-order chi connectivity index (χ1) is 30.7. The number of aromatic hydroxyl groups is 1. The fraction of sp³-hybridized carbons (Fsp3) is 0.553. The van der Waals surface area contributed by atoms with Crippen LogP contribution in [0.4, 0.5) is 9.59 Å². The van der Waals surface area contributed by atoms with Gasteiger partial charge >= 0.3 is 18.3 Å². The number of aryl methyl sites for hydroxylation is 1. The second kappa shape index (κ2) is 16.0. The monoisotopic (exact) mass is 919 g/mol. The van der Waals surface area contributed by atoms with Crippen LogP contribution in [0, 0.1) is 13.8 Å². The van der Waals surface area contributed by atoms with Crippen molar-refractivity contribution in [2.45, 2.75) is 121 Å². The molecule has 7 aliphatic heterocycles. The molecule has 3 N–H and O–H groups in total. The Morgan fingerprint density at radius 1 is 0.877 bits per heavy atom. The SMILES string of the molecule is COc1cc2c(cc1OC(=O)OC(C)(C)C)CCN[C@]21CS[C@@H]2c3c(OC(=O)OC(C)(C)C)c(C)c4c(c3[C@H](COC1=O)N1C2[C@@H]2c3c(cc(C)c(OC)c3O)C[C@@H]([C@@H]1O)N2C)OCO4. The smallest absolute Gasteiger partial charge is 0.504 e. The second-order valence-corrected chi connectivity index (χ2v) is 20.6. The first-order valence-corrected chi connectivity index (χ1v) is 22.8. The van der Waals surface area contributed by atoms with E-state index in [2.05, 4.69) is 10.2 Å². The number of thioether (sulfide) groups is 1. The molecule has 7 heterocycles. The number of nitrogens with zero attached hydrogens (tertiary/aromatic N) is 2. The molecule has 3 aromatic carbocycles. The van der Waals surface area contributed by atoms with E-state index in [1.54, 1.807) is 60.6 Å². The minimum atomic E-state index is -1.48. The van der Waals surface area contributed by atoms with Gasteiger partial charge in [0.2, 0.25) is 6.79 Å². The third kappa shape index (κ3) is 7.35. The van der Waals surface area contributed by atoms with E-state index in [0.29, 0.717) is 64.5 Å². The number of likely N-dealkylation sites (N-methyl/N-ethyl adjacent to an activating group) is 1. The topological polar surface area (TPSA) is 193 Å². The van der Waals surface area contributed by atoms with Crippen LogP contribution in [-0.4, -0.2) is 115 Å². The number of ether oxygens (including phenoxy) is 9. The number of carbonyl (C=O) groups is 3. The zero-order valence-electron chi connectivity index (χ0n) is 38.5. The number of fused-ring (bicyclic) bond motifs is 9. The Kier molecular flexibility index (Phi) is 11.1. The van der Waals surface area contributed by atoms with Gasteiger partial charge in [0.1, 0.15) is 29.8 Å². The molecule has 4 bridgehead atoms. The molecule has 1 unspecified atom stereocenters. The standard InChI is InChI=1S/C47H57N3O14S/c1-21-14-24-15-26-41(52)50-27-18-58-42(53)47(25-17-28(56-10)29(16-23(25)12-13-48-47)61-43(54)63-45(3,4)5)19-65-40(34(50)33(49(26)9)30(24)35(51)36(21)57-11)32-31(27)39-38(59-20-60-39)22(2)37(32)62-44(55)64-46(6,7)8/h14,16-17,26-27,33-34,40-41,48,51-52H,12-13,15,18-20H2,1-11H3/t26-,27-,33-,34?,40+,41-,47+/m0/s1. The zero-order chi connectivity index (χ0) is 46.7. The molecule has 18 heteroatoms. The van der Waals surface area contributed by atoms with Crippen LogP contribution in [-0.2, 0) is 37.4 Å². The molecule has 17 nitrogen and oxygen atoms in total. The van der Waals surface area contributed by atoms with Gasteiger partial charge in [0.15, 0.2) is 40.0 Å². The van der Waals surface area contributed by atoms with E-state index >= 15 is 4.79 Å². The summed E-state index contributed by atoms with van der Waals surface area (Å²) >= 11 is 1.41. The largest absolute Gasteiger partial charge is 0.514 e. The maximum Gasteiger partial charge on any atom is 0.514 e. The fourth-order valence-corrected chi connectivity index (χ4v) is 12.3. The van der Waals surface area contributed by atoms with Crippen LogP contribution >= 0.6 is 11.8 Å². The van der Waals surface area contributed by atoms with Gasteiger partial charge in [-0.25, -0.2) is 14.4 Å². The summed E-state index contributed by atoms with van der Waals surface area (Å²) in [6.45, 7) is 14.1. The van der Waals surface area contributed by atoms with Crippen LogP contribution in [0.3, 0.4) is 0 Å². The number of aliphatic hydroxyl groups is 1. The van der Waals surface area contributed by atoms with E-state index in [9.17, 15) is 19.8 Å². The predicted molar refractivity (Wildman–Crippen MR) is 235 cm³/mol. The lowest BCUT2D eigenvalue weighted by Crippen LogP contribution is -2.70. The first kappa shape index (κ1) is 45.0. The minimum Gasteiger partial charge on any atom is -0.504 e. The van der Waals surface area contributed by atoms with E-state index in [4.69, 9.17) is 42.6 Å². The van der Waals surface area contributed by atoms with Gasteiger partial charge in [-0.3, -0.25) is 15.1 Å². The van der Waals surface area contributed by atoms with Crippen LogP contribution in [0.1, 0.15) is 103 Å². The highest BCUT2D eigenvalue weighted by molar-refractivity contribution is 7.99. The lowest BCUT2D eigenvalue weighted by atomic mass is 9.73. The highest BCUT2D eigenvalue weighted by Crippen LogP contribution is 2.64. The number of rotatable bonds is 4. The average Bonchev–Trinajstić information content (AvgIpc) is 3.71. The number of phenolic OH excluding ortho intramolecular Hbond substituents is 1. The molecular formula is C47H57N3O14S. The van der Waals surface area contributed by atoms with Crippen LogP contribution in [0.25, 0.3) is 0 Å². The van der Waals surface area contributed by atoms with Gasteiger partial charge in [-0.15, -0.1) is 11.8 Å². The summed E-state index contributed by atoms with van der Waals surface area (Å²) in [5.74, 6) is 1.12. The Labute approximate surface area is 381 Å². The Bertz CT molecular complexity index is 2480. The van der Waals surface area contributed by atoms with E-state index in [-0.39, 0.29) is 42.2 Å². The molecule has 0 radical (unpaired) electrons. The lowest BCUT2D eigenvalue weighted by molar-refractivity contribution is -0.186. The van der Waals surface area contributed by atoms with Crippen molar-refractivity contribution in [3.8, 4) is 40.2 Å². The first-order valence-electron chi connectivity index (χ1n) is 21.8. The number of esters is 1. The Morgan fingerprint density at radius 3 is 2.25 bits per heavy atom. The molecule has 350 valence electrons. The number of piperazine rings is 1. The van der Waals surface area contributed by atoms with Gasteiger partial charge in [-0.2, -0.15) is 0 Å².